The van der Waals surface area contributed by atoms with Crippen molar-refractivity contribution in [3.8, 4) is 0 Å². The molecule has 0 saturated heterocycles. The summed E-state index contributed by atoms with van der Waals surface area (Å²) in [4.78, 5) is 2.31. The molecule has 1 heterocycles. The molecular formula is C12H17NO. The number of nitrogens with zero attached hydrogens (tertiary/aromatic N) is 1. The molecule has 2 nitrogen and oxygen atoms in total. The molecule has 0 spiro atoms. The Morgan fingerprint density at radius 1 is 1.50 bits per heavy atom. The van der Waals surface area contributed by atoms with Crippen LogP contribution in [0.2, 0.25) is 0 Å². The van der Waals surface area contributed by atoms with Gasteiger partial charge in [0.2, 0.25) is 0 Å². The van der Waals surface area contributed by atoms with Crippen LogP contribution < -0.4 is 4.90 Å². The predicted molar refractivity (Wildman–Crippen MR) is 58.6 cm³/mol. The second-order valence-electron chi connectivity index (χ2n) is 4.12. The highest BCUT2D eigenvalue weighted by Crippen LogP contribution is 2.33. The molecule has 2 atom stereocenters. The first-order valence-corrected chi connectivity index (χ1v) is 5.21. The number of benzene rings is 1. The summed E-state index contributed by atoms with van der Waals surface area (Å²) in [5.74, 6) is 0. The second kappa shape index (κ2) is 3.62. The molecule has 2 unspecified atom stereocenters. The molecule has 0 aromatic heterocycles. The lowest BCUT2D eigenvalue weighted by Crippen LogP contribution is -2.39. The molecule has 0 saturated carbocycles. The van der Waals surface area contributed by atoms with Crippen LogP contribution in [0.4, 0.5) is 5.69 Å². The molecular weight excluding hydrogens is 174 g/mol. The van der Waals surface area contributed by atoms with Crippen LogP contribution in [-0.4, -0.2) is 23.8 Å². The standard InChI is InChI=1S/C12H17NO/c1-9-7-11-5-3-4-6-12(11)13(9)10(2)8-14/h3-6,9-10,14H,7-8H2,1-2H3. The van der Waals surface area contributed by atoms with Crippen molar-refractivity contribution < 1.29 is 5.11 Å². The highest BCUT2D eigenvalue weighted by molar-refractivity contribution is 5.59. The molecule has 0 fully saturated rings. The van der Waals surface area contributed by atoms with Crippen molar-refractivity contribution in [1.29, 1.82) is 0 Å². The fourth-order valence-electron chi connectivity index (χ4n) is 2.35. The largest absolute Gasteiger partial charge is 0.394 e. The van der Waals surface area contributed by atoms with Gasteiger partial charge in [-0.05, 0) is 31.9 Å². The summed E-state index contributed by atoms with van der Waals surface area (Å²) >= 11 is 0. The topological polar surface area (TPSA) is 23.5 Å². The van der Waals surface area contributed by atoms with Crippen LogP contribution in [0.15, 0.2) is 24.3 Å². The van der Waals surface area contributed by atoms with Gasteiger partial charge in [-0.15, -0.1) is 0 Å². The van der Waals surface area contributed by atoms with E-state index in [0.29, 0.717) is 6.04 Å². The zero-order valence-corrected chi connectivity index (χ0v) is 8.77. The molecule has 0 amide bonds. The van der Waals surface area contributed by atoms with Crippen LogP contribution in [0.5, 0.6) is 0 Å². The first-order valence-electron chi connectivity index (χ1n) is 5.21. The van der Waals surface area contributed by atoms with Crippen molar-refractivity contribution in [2.75, 3.05) is 11.5 Å². The number of fused-ring (bicyclic) bond motifs is 1. The van der Waals surface area contributed by atoms with Gasteiger partial charge < -0.3 is 10.0 Å². The Morgan fingerprint density at radius 2 is 2.21 bits per heavy atom. The molecule has 2 heteroatoms. The monoisotopic (exact) mass is 191 g/mol. The number of anilines is 1. The summed E-state index contributed by atoms with van der Waals surface area (Å²) in [6.07, 6.45) is 1.10. The summed E-state index contributed by atoms with van der Waals surface area (Å²) in [7, 11) is 0. The van der Waals surface area contributed by atoms with Crippen LogP contribution in [0.3, 0.4) is 0 Å². The Bertz CT molecular complexity index is 320. The quantitative estimate of drug-likeness (QED) is 0.770. The van der Waals surface area contributed by atoms with Crippen molar-refractivity contribution in [1.82, 2.24) is 0 Å². The first kappa shape index (κ1) is 9.53. The van der Waals surface area contributed by atoms with E-state index in [1.807, 2.05) is 0 Å². The van der Waals surface area contributed by atoms with E-state index in [1.165, 1.54) is 11.3 Å². The Hall–Kier alpha value is -1.02. The van der Waals surface area contributed by atoms with E-state index in [4.69, 9.17) is 0 Å². The van der Waals surface area contributed by atoms with Gasteiger partial charge in [-0.25, -0.2) is 0 Å². The average Bonchev–Trinajstić information content (AvgIpc) is 2.53. The maximum Gasteiger partial charge on any atom is 0.0632 e. The number of hydrogen-bond donors (Lipinski definition) is 1. The lowest BCUT2D eigenvalue weighted by atomic mass is 10.1. The predicted octanol–water partition coefficient (Wildman–Crippen LogP) is 1.82. The summed E-state index contributed by atoms with van der Waals surface area (Å²) in [5, 5.41) is 9.20. The Kier molecular flexibility index (Phi) is 2.46. The summed E-state index contributed by atoms with van der Waals surface area (Å²) in [5.41, 5.74) is 2.70. The third-order valence-corrected chi connectivity index (χ3v) is 3.00. The Morgan fingerprint density at radius 3 is 2.93 bits per heavy atom. The van der Waals surface area contributed by atoms with Crippen LogP contribution in [0.1, 0.15) is 19.4 Å². The van der Waals surface area contributed by atoms with E-state index in [0.717, 1.165) is 6.42 Å². The number of aliphatic hydroxyl groups is 1. The Labute approximate surface area is 85.2 Å². The molecule has 1 aliphatic rings. The van der Waals surface area contributed by atoms with Crippen molar-refractivity contribution in [3.05, 3.63) is 29.8 Å². The average molecular weight is 191 g/mol. The van der Waals surface area contributed by atoms with Gasteiger partial charge in [0.1, 0.15) is 0 Å². The second-order valence-corrected chi connectivity index (χ2v) is 4.12. The molecule has 0 radical (unpaired) electrons. The molecule has 76 valence electrons. The van der Waals surface area contributed by atoms with E-state index in [-0.39, 0.29) is 12.6 Å². The van der Waals surface area contributed by atoms with Gasteiger partial charge in [0, 0.05) is 17.8 Å². The van der Waals surface area contributed by atoms with Gasteiger partial charge in [-0.1, -0.05) is 18.2 Å². The van der Waals surface area contributed by atoms with Crippen molar-refractivity contribution in [2.45, 2.75) is 32.4 Å². The maximum absolute atomic E-state index is 9.20. The molecule has 1 aromatic rings. The number of hydrogen-bond acceptors (Lipinski definition) is 2. The van der Waals surface area contributed by atoms with Crippen LogP contribution in [0.25, 0.3) is 0 Å². The van der Waals surface area contributed by atoms with Gasteiger partial charge in [-0.2, -0.15) is 0 Å². The molecule has 14 heavy (non-hydrogen) atoms. The lowest BCUT2D eigenvalue weighted by Gasteiger charge is -2.30. The maximum atomic E-state index is 9.20. The minimum absolute atomic E-state index is 0.216. The molecule has 2 rings (SSSR count). The van der Waals surface area contributed by atoms with Crippen molar-refractivity contribution in [3.63, 3.8) is 0 Å². The third-order valence-electron chi connectivity index (χ3n) is 3.00. The smallest absolute Gasteiger partial charge is 0.0632 e. The minimum atomic E-state index is 0.216. The molecule has 0 aliphatic carbocycles. The third kappa shape index (κ3) is 1.40. The van der Waals surface area contributed by atoms with Crippen LogP contribution in [0, 0.1) is 0 Å². The molecule has 1 aliphatic heterocycles. The van der Waals surface area contributed by atoms with Crippen molar-refractivity contribution in [2.24, 2.45) is 0 Å². The van der Waals surface area contributed by atoms with E-state index in [1.54, 1.807) is 0 Å². The fourth-order valence-corrected chi connectivity index (χ4v) is 2.35. The van der Waals surface area contributed by atoms with Gasteiger partial charge in [0.05, 0.1) is 6.61 Å². The highest BCUT2D eigenvalue weighted by Gasteiger charge is 2.28. The number of aliphatic hydroxyl groups excluding tert-OH is 1. The number of para-hydroxylation sites is 1. The van der Waals surface area contributed by atoms with Crippen molar-refractivity contribution >= 4 is 5.69 Å². The zero-order chi connectivity index (χ0) is 10.1. The van der Waals surface area contributed by atoms with E-state index < -0.39 is 0 Å². The first-order chi connectivity index (χ1) is 6.74. The van der Waals surface area contributed by atoms with Crippen LogP contribution >= 0.6 is 0 Å². The minimum Gasteiger partial charge on any atom is -0.394 e. The lowest BCUT2D eigenvalue weighted by molar-refractivity contribution is 0.263. The SMILES string of the molecule is CC(CO)N1c2ccccc2CC1C. The van der Waals surface area contributed by atoms with E-state index in [9.17, 15) is 5.11 Å². The zero-order valence-electron chi connectivity index (χ0n) is 8.77. The Balaban J connectivity index is 2.34. The summed E-state index contributed by atoms with van der Waals surface area (Å²) < 4.78 is 0. The van der Waals surface area contributed by atoms with E-state index >= 15 is 0 Å². The molecule has 0 bridgehead atoms. The fraction of sp³-hybridized carbons (Fsp3) is 0.500. The van der Waals surface area contributed by atoms with Crippen LogP contribution in [-0.2, 0) is 6.42 Å². The van der Waals surface area contributed by atoms with Gasteiger partial charge in [0.25, 0.3) is 0 Å². The van der Waals surface area contributed by atoms with Gasteiger partial charge >= 0.3 is 0 Å². The number of rotatable bonds is 2. The normalized spacial score (nSPS) is 22.2. The van der Waals surface area contributed by atoms with Gasteiger partial charge in [0.15, 0.2) is 0 Å². The summed E-state index contributed by atoms with van der Waals surface area (Å²) in [6.45, 7) is 4.50. The van der Waals surface area contributed by atoms with Gasteiger partial charge in [-0.3, -0.25) is 0 Å². The van der Waals surface area contributed by atoms with E-state index in [2.05, 4.69) is 43.0 Å². The molecule has 1 N–H and O–H groups in total. The molecule has 1 aromatic carbocycles. The summed E-state index contributed by atoms with van der Waals surface area (Å²) in [6, 6.07) is 9.19. The highest BCUT2D eigenvalue weighted by atomic mass is 16.3.